The number of hydrogen-bond acceptors (Lipinski definition) is 6. The Morgan fingerprint density at radius 1 is 1.00 bits per heavy atom. The number of benzene rings is 1. The molecule has 238 valence electrons. The fourth-order valence-corrected chi connectivity index (χ4v) is 6.53. The Balaban J connectivity index is 1.58. The van der Waals surface area contributed by atoms with Crippen LogP contribution in [0.15, 0.2) is 67.0 Å². The second kappa shape index (κ2) is 12.4. The number of aromatic nitrogens is 6. The van der Waals surface area contributed by atoms with E-state index < -0.39 is 24.1 Å². The lowest BCUT2D eigenvalue weighted by molar-refractivity contribution is 0.272. The Bertz CT molecular complexity index is 1850. The maximum absolute atomic E-state index is 12.1. The quantitative estimate of drug-likeness (QED) is 0.160. The lowest BCUT2D eigenvalue weighted by Crippen LogP contribution is -2.40. The Kier molecular flexibility index (Phi) is 9.02. The Morgan fingerprint density at radius 3 is 2.40 bits per heavy atom. The van der Waals surface area contributed by atoms with Crippen molar-refractivity contribution in [2.24, 2.45) is 12.2 Å². The minimum absolute atomic E-state index is 0.0671. The lowest BCUT2D eigenvalue weighted by atomic mass is 9.94. The van der Waals surface area contributed by atoms with E-state index in [0.717, 1.165) is 50.6 Å². The zero-order chi connectivity index (χ0) is 32.7. The van der Waals surface area contributed by atoms with Crippen LogP contribution in [-0.4, -0.2) is 46.8 Å². The maximum atomic E-state index is 12.1. The predicted octanol–water partition coefficient (Wildman–Crippen LogP) is 7.30. The fourth-order valence-electron chi connectivity index (χ4n) is 5.17. The molecule has 0 amide bonds. The molecule has 11 heteroatoms. The standard InChI is InChI=1S/C34H45N7O2SSi/c1-23(20-34(5,6)44(35)42)28-13-11-14-29(38-28)24-18-26(30-16-17-40(7)39-30)27-21-36-41(31(27)19-24)32-15-10-12-25(37-32)22-43-45(8,9)33(2,3)4/h10-19,21,23H,20,22,35H2,1-9H3/t23-,44?/m0/s1. The lowest BCUT2D eigenvalue weighted by Gasteiger charge is -2.36. The zero-order valence-electron chi connectivity index (χ0n) is 27.8. The third kappa shape index (κ3) is 7.01. The van der Waals surface area contributed by atoms with Crippen molar-refractivity contribution < 1.29 is 8.63 Å². The molecule has 45 heavy (non-hydrogen) atoms. The van der Waals surface area contributed by atoms with Gasteiger partial charge in [0.1, 0.15) is 0 Å². The molecule has 5 rings (SSSR count). The highest BCUT2D eigenvalue weighted by Gasteiger charge is 2.37. The van der Waals surface area contributed by atoms with Crippen LogP contribution in [0, 0.1) is 0 Å². The van der Waals surface area contributed by atoms with Gasteiger partial charge in [-0.25, -0.2) is 13.9 Å². The van der Waals surface area contributed by atoms with Crippen LogP contribution in [0.4, 0.5) is 0 Å². The van der Waals surface area contributed by atoms with E-state index in [-0.39, 0.29) is 11.0 Å². The highest BCUT2D eigenvalue weighted by atomic mass is 32.2. The highest BCUT2D eigenvalue weighted by Crippen LogP contribution is 2.38. The molecule has 0 fully saturated rings. The van der Waals surface area contributed by atoms with E-state index in [4.69, 9.17) is 29.7 Å². The van der Waals surface area contributed by atoms with Crippen molar-refractivity contribution in [2.45, 2.75) is 83.4 Å². The summed E-state index contributed by atoms with van der Waals surface area (Å²) in [6.45, 7) is 17.6. The molecule has 0 spiro atoms. The molecule has 2 atom stereocenters. The van der Waals surface area contributed by atoms with Crippen LogP contribution in [0.25, 0.3) is 39.2 Å². The van der Waals surface area contributed by atoms with Gasteiger partial charge >= 0.3 is 0 Å². The van der Waals surface area contributed by atoms with Crippen LogP contribution in [0.1, 0.15) is 65.3 Å². The first-order valence-corrected chi connectivity index (χ1v) is 19.4. The molecular formula is C34H45N7O2SSi. The fraction of sp³-hybridized carbons (Fsp3) is 0.412. The number of nitrogens with two attached hydrogens (primary N) is 1. The summed E-state index contributed by atoms with van der Waals surface area (Å²) in [5, 5.41) is 16.4. The number of pyridine rings is 2. The van der Waals surface area contributed by atoms with E-state index in [1.165, 1.54) is 0 Å². The van der Waals surface area contributed by atoms with E-state index in [9.17, 15) is 4.21 Å². The molecule has 0 aliphatic rings. The van der Waals surface area contributed by atoms with Gasteiger partial charge < -0.3 is 4.43 Å². The normalized spacial score (nSPS) is 14.2. The molecule has 4 heterocycles. The Hall–Kier alpha value is -3.51. The van der Waals surface area contributed by atoms with Crippen molar-refractivity contribution in [1.82, 2.24) is 29.5 Å². The van der Waals surface area contributed by atoms with Gasteiger partial charge in [-0.2, -0.15) is 10.2 Å². The molecule has 0 aliphatic heterocycles. The second-order valence-corrected chi connectivity index (χ2v) is 20.5. The van der Waals surface area contributed by atoms with Crippen molar-refractivity contribution >= 4 is 30.2 Å². The molecule has 1 unspecified atom stereocenters. The van der Waals surface area contributed by atoms with E-state index in [1.54, 1.807) is 4.68 Å². The van der Waals surface area contributed by atoms with Crippen LogP contribution in [0.2, 0.25) is 18.1 Å². The minimum Gasteiger partial charge on any atom is -0.411 e. The molecule has 0 bridgehead atoms. The van der Waals surface area contributed by atoms with Gasteiger partial charge in [0.2, 0.25) is 0 Å². The van der Waals surface area contributed by atoms with Crippen LogP contribution in [-0.2, 0) is 29.1 Å². The molecule has 5 aromatic rings. The molecule has 4 aromatic heterocycles. The third-order valence-corrected chi connectivity index (χ3v) is 14.7. The molecule has 0 aliphatic carbocycles. The van der Waals surface area contributed by atoms with E-state index in [2.05, 4.69) is 52.9 Å². The number of fused-ring (bicyclic) bond motifs is 1. The first-order chi connectivity index (χ1) is 21.1. The van der Waals surface area contributed by atoms with E-state index in [1.807, 2.05) is 80.4 Å². The summed E-state index contributed by atoms with van der Waals surface area (Å²) in [4.78, 5) is 10.0. The molecule has 9 nitrogen and oxygen atoms in total. The zero-order valence-corrected chi connectivity index (χ0v) is 29.6. The average molecular weight is 644 g/mol. The number of aryl methyl sites for hydroxylation is 1. The van der Waals surface area contributed by atoms with E-state index >= 15 is 0 Å². The average Bonchev–Trinajstić information content (AvgIpc) is 3.61. The molecule has 1 aromatic carbocycles. The summed E-state index contributed by atoms with van der Waals surface area (Å²) in [6, 6.07) is 18.3. The topological polar surface area (TPSA) is 114 Å². The van der Waals surface area contributed by atoms with Gasteiger partial charge in [0, 0.05) is 35.5 Å². The first-order valence-electron chi connectivity index (χ1n) is 15.3. The summed E-state index contributed by atoms with van der Waals surface area (Å²) in [5.41, 5.74) is 6.29. The monoisotopic (exact) mass is 643 g/mol. The van der Waals surface area contributed by atoms with Gasteiger partial charge in [-0.05, 0) is 86.8 Å². The van der Waals surface area contributed by atoms with Gasteiger partial charge in [-0.3, -0.25) is 14.8 Å². The third-order valence-electron chi connectivity index (χ3n) is 8.99. The summed E-state index contributed by atoms with van der Waals surface area (Å²) in [7, 11) is -1.46. The Morgan fingerprint density at radius 2 is 1.73 bits per heavy atom. The maximum Gasteiger partial charge on any atom is 0.192 e. The smallest absolute Gasteiger partial charge is 0.192 e. The number of rotatable bonds is 10. The minimum atomic E-state index is -1.93. The first kappa shape index (κ1) is 32.9. The molecule has 0 saturated carbocycles. The van der Waals surface area contributed by atoms with Crippen molar-refractivity contribution in [3.8, 4) is 28.3 Å². The van der Waals surface area contributed by atoms with E-state index in [0.29, 0.717) is 13.0 Å². The van der Waals surface area contributed by atoms with Crippen LogP contribution in [0.3, 0.4) is 0 Å². The van der Waals surface area contributed by atoms with Crippen molar-refractivity contribution in [3.05, 3.63) is 78.4 Å². The van der Waals surface area contributed by atoms with Crippen molar-refractivity contribution in [2.75, 3.05) is 0 Å². The van der Waals surface area contributed by atoms with Gasteiger partial charge in [0.25, 0.3) is 0 Å². The SMILES string of the molecule is C[C@@H](CC(C)(C)S(N)=O)c1cccc(-c2cc(-c3ccn(C)n3)c3cnn(-c4cccc(CO[Si](C)(C)C(C)(C)C)n4)c3c2)n1. The summed E-state index contributed by atoms with van der Waals surface area (Å²) in [6.07, 6.45) is 4.47. The second-order valence-electron chi connectivity index (χ2n) is 14.0. The molecule has 2 N–H and O–H groups in total. The molecular weight excluding hydrogens is 599 g/mol. The summed E-state index contributed by atoms with van der Waals surface area (Å²) < 4.78 is 21.8. The van der Waals surface area contributed by atoms with Gasteiger partial charge in [-0.1, -0.05) is 39.8 Å². The largest absolute Gasteiger partial charge is 0.411 e. The highest BCUT2D eigenvalue weighted by molar-refractivity contribution is 7.84. The Labute approximate surface area is 270 Å². The van der Waals surface area contributed by atoms with Gasteiger partial charge in [-0.15, -0.1) is 0 Å². The van der Waals surface area contributed by atoms with Crippen molar-refractivity contribution in [3.63, 3.8) is 0 Å². The van der Waals surface area contributed by atoms with Gasteiger partial charge in [0.15, 0.2) is 14.1 Å². The van der Waals surface area contributed by atoms with Gasteiger partial charge in [0.05, 0.1) is 51.1 Å². The van der Waals surface area contributed by atoms with Crippen molar-refractivity contribution in [1.29, 1.82) is 0 Å². The van der Waals surface area contributed by atoms with Crippen LogP contribution in [0.5, 0.6) is 0 Å². The molecule has 0 radical (unpaired) electrons. The number of hydrogen-bond donors (Lipinski definition) is 1. The number of nitrogens with zero attached hydrogens (tertiary/aromatic N) is 6. The predicted molar refractivity (Wildman–Crippen MR) is 186 cm³/mol. The molecule has 0 saturated heterocycles. The summed E-state index contributed by atoms with van der Waals surface area (Å²) >= 11 is 0. The van der Waals surface area contributed by atoms with Crippen LogP contribution < -0.4 is 5.14 Å². The summed E-state index contributed by atoms with van der Waals surface area (Å²) in [5.74, 6) is 0.787. The van der Waals surface area contributed by atoms with Crippen LogP contribution >= 0.6 is 0 Å².